The number of thioether (sulfide) groups is 4. The van der Waals surface area contributed by atoms with E-state index in [1.807, 2.05) is 74.5 Å². The van der Waals surface area contributed by atoms with Crippen molar-refractivity contribution in [1.29, 1.82) is 0 Å². The smallest absolute Gasteiger partial charge is 0.252 e. The highest BCUT2D eigenvalue weighted by atomic mass is 32.2. The maximum atomic E-state index is 13.4. The van der Waals surface area contributed by atoms with E-state index in [2.05, 4.69) is 24.5 Å². The Kier molecular flexibility index (Phi) is 13.8. The molecular weight excluding hydrogens is 677 g/mol. The third-order valence-corrected chi connectivity index (χ3v) is 13.5. The summed E-state index contributed by atoms with van der Waals surface area (Å²) >= 11 is 6.33. The van der Waals surface area contributed by atoms with Crippen LogP contribution in [0.15, 0.2) is 99.9 Å². The van der Waals surface area contributed by atoms with E-state index >= 15 is 0 Å². The monoisotopic (exact) mass is 720 g/mol. The molecule has 0 aromatic heterocycles. The zero-order chi connectivity index (χ0) is 33.9. The van der Waals surface area contributed by atoms with Crippen molar-refractivity contribution in [3.05, 3.63) is 80.3 Å². The zero-order valence-electron chi connectivity index (χ0n) is 28.1. The van der Waals surface area contributed by atoms with E-state index in [9.17, 15) is 9.59 Å². The number of unbranched alkanes of at least 4 members (excludes halogenated alkanes) is 6. The lowest BCUT2D eigenvalue weighted by Crippen LogP contribution is -2.13. The molecule has 0 aliphatic carbocycles. The Morgan fingerprint density at radius 2 is 0.896 bits per heavy atom. The van der Waals surface area contributed by atoms with Crippen molar-refractivity contribution in [2.75, 3.05) is 23.8 Å². The van der Waals surface area contributed by atoms with E-state index in [0.717, 1.165) is 89.5 Å². The summed E-state index contributed by atoms with van der Waals surface area (Å²) in [6.45, 7) is 9.37. The number of fused-ring (bicyclic) bond motifs is 2. The van der Waals surface area contributed by atoms with Crippen molar-refractivity contribution >= 4 is 70.2 Å². The molecule has 0 spiro atoms. The second-order valence-electron chi connectivity index (χ2n) is 11.7. The predicted octanol–water partition coefficient (Wildman–Crippen LogP) is 11.7. The Morgan fingerprint density at radius 3 is 1.23 bits per heavy atom. The van der Waals surface area contributed by atoms with Gasteiger partial charge in [0.05, 0.1) is 41.3 Å². The molecule has 2 amide bonds. The second-order valence-corrected chi connectivity index (χ2v) is 16.3. The minimum Gasteiger partial charge on any atom is -0.491 e. The number of amides is 2. The van der Waals surface area contributed by atoms with E-state index < -0.39 is 0 Å². The molecule has 2 N–H and O–H groups in total. The molecule has 2 heterocycles. The van der Waals surface area contributed by atoms with Gasteiger partial charge in [-0.1, -0.05) is 136 Å². The second kappa shape index (κ2) is 18.2. The van der Waals surface area contributed by atoms with Crippen LogP contribution in [0.1, 0.15) is 79.1 Å². The molecule has 0 saturated carbocycles. The van der Waals surface area contributed by atoms with Crippen molar-refractivity contribution < 1.29 is 19.1 Å². The topological polar surface area (TPSA) is 76.7 Å². The summed E-state index contributed by atoms with van der Waals surface area (Å²) in [5, 5.41) is 6.07. The van der Waals surface area contributed by atoms with Gasteiger partial charge in [-0.3, -0.25) is 9.59 Å². The first-order valence-electron chi connectivity index (χ1n) is 16.8. The molecule has 0 radical (unpaired) electrons. The number of anilines is 2. The summed E-state index contributed by atoms with van der Waals surface area (Å²) < 4.78 is 15.1. The van der Waals surface area contributed by atoms with Crippen LogP contribution in [0.5, 0.6) is 11.5 Å². The van der Waals surface area contributed by atoms with Crippen LogP contribution in [0.2, 0.25) is 0 Å². The van der Waals surface area contributed by atoms with Gasteiger partial charge in [0.25, 0.3) is 11.8 Å². The van der Waals surface area contributed by atoms with Gasteiger partial charge >= 0.3 is 0 Å². The minimum atomic E-state index is -0.130. The maximum absolute atomic E-state index is 13.4. The van der Waals surface area contributed by atoms with Crippen LogP contribution in [0.4, 0.5) is 11.4 Å². The highest BCUT2D eigenvalue weighted by Gasteiger charge is 2.38. The quantitative estimate of drug-likeness (QED) is 0.112. The van der Waals surface area contributed by atoms with E-state index in [4.69, 9.17) is 9.47 Å². The number of para-hydroxylation sites is 2. The van der Waals surface area contributed by atoms with Crippen molar-refractivity contribution in [2.24, 2.45) is 0 Å². The predicted molar refractivity (Wildman–Crippen MR) is 205 cm³/mol. The van der Waals surface area contributed by atoms with Gasteiger partial charge in [-0.25, -0.2) is 0 Å². The molecule has 2 aliphatic rings. The summed E-state index contributed by atoms with van der Waals surface area (Å²) in [6.07, 6.45) is 8.80. The number of ether oxygens (including phenoxy) is 2. The van der Waals surface area contributed by atoms with Crippen LogP contribution in [0.25, 0.3) is 0 Å². The van der Waals surface area contributed by atoms with Gasteiger partial charge in [-0.2, -0.15) is 0 Å². The number of benzene rings is 3. The molecule has 0 saturated heterocycles. The number of hydrogen-bond acceptors (Lipinski definition) is 8. The minimum absolute atomic E-state index is 0.130. The van der Waals surface area contributed by atoms with Crippen LogP contribution in [-0.2, 0) is 9.59 Å². The van der Waals surface area contributed by atoms with E-state index in [1.165, 1.54) is 12.8 Å². The normalized spacial score (nSPS) is 13.2. The molecule has 10 heteroatoms. The number of carbonyl (C=O) groups excluding carboxylic acids is 2. The SMILES string of the molecule is CCCCCCOc1c2c(c(OCCCCCC)c3c1SC(=C(C)C(=O)Nc1ccccc1)S3)SC(=C(C)C(=O)Nc1ccccc1)S2. The fourth-order valence-electron chi connectivity index (χ4n) is 5.05. The fourth-order valence-corrected chi connectivity index (χ4v) is 10.5. The number of carbonyl (C=O) groups is 2. The van der Waals surface area contributed by atoms with Gasteiger partial charge in [-0.05, 0) is 51.0 Å². The summed E-state index contributed by atoms with van der Waals surface area (Å²) in [6, 6.07) is 19.1. The third kappa shape index (κ3) is 9.20. The molecule has 254 valence electrons. The molecule has 0 bridgehead atoms. The summed E-state index contributed by atoms with van der Waals surface area (Å²) in [7, 11) is 0. The van der Waals surface area contributed by atoms with Crippen LogP contribution < -0.4 is 20.1 Å². The van der Waals surface area contributed by atoms with E-state index in [-0.39, 0.29) is 11.8 Å². The van der Waals surface area contributed by atoms with E-state index in [1.54, 1.807) is 47.0 Å². The fraction of sp³-hybridized carbons (Fsp3) is 0.368. The van der Waals surface area contributed by atoms with Crippen LogP contribution in [0, 0.1) is 0 Å². The first kappa shape index (κ1) is 36.4. The lowest BCUT2D eigenvalue weighted by atomic mass is 10.2. The Labute approximate surface area is 302 Å². The Balaban J connectivity index is 1.50. The first-order chi connectivity index (χ1) is 23.4. The number of nitrogens with one attached hydrogen (secondary N) is 2. The van der Waals surface area contributed by atoms with E-state index in [0.29, 0.717) is 24.4 Å². The summed E-state index contributed by atoms with van der Waals surface area (Å²) in [5.41, 5.74) is 2.83. The van der Waals surface area contributed by atoms with Crippen molar-refractivity contribution in [1.82, 2.24) is 0 Å². The Bertz CT molecular complexity index is 1490. The maximum Gasteiger partial charge on any atom is 0.252 e. The Hall–Kier alpha value is -2.92. The lowest BCUT2D eigenvalue weighted by Gasteiger charge is -2.18. The van der Waals surface area contributed by atoms with Gasteiger partial charge in [0.2, 0.25) is 0 Å². The highest BCUT2D eigenvalue weighted by molar-refractivity contribution is 8.26. The van der Waals surface area contributed by atoms with Gasteiger partial charge < -0.3 is 20.1 Å². The van der Waals surface area contributed by atoms with Crippen molar-refractivity contribution in [3.8, 4) is 11.5 Å². The van der Waals surface area contributed by atoms with Crippen molar-refractivity contribution in [3.63, 3.8) is 0 Å². The molecule has 2 aliphatic heterocycles. The molecular formula is C38H44N2O4S4. The third-order valence-electron chi connectivity index (χ3n) is 7.86. The molecule has 48 heavy (non-hydrogen) atoms. The zero-order valence-corrected chi connectivity index (χ0v) is 31.4. The lowest BCUT2D eigenvalue weighted by molar-refractivity contribution is -0.113. The summed E-state index contributed by atoms with van der Waals surface area (Å²) in [5.74, 6) is 1.38. The molecule has 0 fully saturated rings. The molecule has 6 nitrogen and oxygen atoms in total. The van der Waals surface area contributed by atoms with Gasteiger partial charge in [0, 0.05) is 22.5 Å². The molecule has 0 atom stereocenters. The standard InChI is InChI=1S/C38H44N2O4S4/c1-5-7-9-17-23-43-29-31-33(47-37(45-31)25(3)35(41)39-27-19-13-11-14-20-27)30(44-24-18-10-8-6-2)34-32(29)46-38(48-34)26(4)36(42)40-28-21-15-12-16-22-28/h11-16,19-22H,5-10,17-18,23-24H2,1-4H3,(H,39,41)(H,40,42). The highest BCUT2D eigenvalue weighted by Crippen LogP contribution is 2.68. The molecule has 3 aromatic carbocycles. The average molecular weight is 721 g/mol. The van der Waals surface area contributed by atoms with Gasteiger partial charge in [0.1, 0.15) is 11.5 Å². The molecule has 3 aromatic rings. The van der Waals surface area contributed by atoms with Gasteiger partial charge in [-0.15, -0.1) is 0 Å². The average Bonchev–Trinajstić information content (AvgIpc) is 3.75. The van der Waals surface area contributed by atoms with Crippen LogP contribution >= 0.6 is 47.0 Å². The van der Waals surface area contributed by atoms with Crippen LogP contribution in [-0.4, -0.2) is 25.0 Å². The van der Waals surface area contributed by atoms with Crippen molar-refractivity contribution in [2.45, 2.75) is 98.6 Å². The van der Waals surface area contributed by atoms with Crippen LogP contribution in [0.3, 0.4) is 0 Å². The number of hydrogen-bond donors (Lipinski definition) is 2. The Morgan fingerprint density at radius 1 is 0.542 bits per heavy atom. The molecule has 5 rings (SSSR count). The van der Waals surface area contributed by atoms with Gasteiger partial charge in [0.15, 0.2) is 0 Å². The largest absolute Gasteiger partial charge is 0.491 e. The number of rotatable bonds is 16. The first-order valence-corrected chi connectivity index (χ1v) is 20.0. The summed E-state index contributed by atoms with van der Waals surface area (Å²) in [4.78, 5) is 30.7. The molecule has 0 unspecified atom stereocenters.